The Bertz CT molecular complexity index is 748. The summed E-state index contributed by atoms with van der Waals surface area (Å²) >= 11 is 0. The lowest BCUT2D eigenvalue weighted by molar-refractivity contribution is -0.114. The van der Waals surface area contributed by atoms with Gasteiger partial charge in [-0.3, -0.25) is 4.79 Å². The summed E-state index contributed by atoms with van der Waals surface area (Å²) in [5.74, 6) is -0.0695. The van der Waals surface area contributed by atoms with E-state index in [-0.39, 0.29) is 11.9 Å². The number of hydrogen-bond acceptors (Lipinski definition) is 2. The Kier molecular flexibility index (Phi) is 5.89. The van der Waals surface area contributed by atoms with Crippen molar-refractivity contribution in [2.24, 2.45) is 0 Å². The number of amides is 3. The topological polar surface area (TPSA) is 61.4 Å². The zero-order chi connectivity index (χ0) is 18.4. The summed E-state index contributed by atoms with van der Waals surface area (Å²) in [7, 11) is 0. The van der Waals surface area contributed by atoms with Gasteiger partial charge in [0.1, 0.15) is 0 Å². The average molecular weight is 351 g/mol. The molecule has 0 aromatic heterocycles. The van der Waals surface area contributed by atoms with Gasteiger partial charge in [-0.15, -0.1) is 0 Å². The standard InChI is InChI=1S/C21H25N3O2/c1-16(25)22-19-9-5-17(6-10-19)15-18-7-11-20(12-8-18)23-21(26)24-13-3-2-4-14-24/h5-12H,2-4,13-15H2,1H3,(H,22,25)(H,23,26). The third-order valence-electron chi connectivity index (χ3n) is 4.53. The Morgan fingerprint density at radius 1 is 0.808 bits per heavy atom. The molecule has 0 radical (unpaired) electrons. The normalized spacial score (nSPS) is 14.0. The van der Waals surface area contributed by atoms with Crippen LogP contribution in [0.2, 0.25) is 0 Å². The van der Waals surface area contributed by atoms with Gasteiger partial charge in [0.2, 0.25) is 5.91 Å². The average Bonchev–Trinajstić information content (AvgIpc) is 2.65. The molecule has 1 aliphatic rings. The van der Waals surface area contributed by atoms with Gasteiger partial charge < -0.3 is 15.5 Å². The van der Waals surface area contributed by atoms with Crippen molar-refractivity contribution in [3.8, 4) is 0 Å². The van der Waals surface area contributed by atoms with Crippen LogP contribution in [0.4, 0.5) is 16.2 Å². The molecule has 1 aliphatic heterocycles. The van der Waals surface area contributed by atoms with Crippen LogP contribution < -0.4 is 10.6 Å². The molecule has 2 N–H and O–H groups in total. The van der Waals surface area contributed by atoms with Crippen LogP contribution in [0.25, 0.3) is 0 Å². The fourth-order valence-electron chi connectivity index (χ4n) is 3.15. The number of hydrogen-bond donors (Lipinski definition) is 2. The molecule has 0 unspecified atom stereocenters. The third-order valence-corrected chi connectivity index (χ3v) is 4.53. The highest BCUT2D eigenvalue weighted by Gasteiger charge is 2.16. The molecule has 3 amide bonds. The van der Waals surface area contributed by atoms with Crippen LogP contribution in [0.3, 0.4) is 0 Å². The molecule has 1 saturated heterocycles. The summed E-state index contributed by atoms with van der Waals surface area (Å²) in [5.41, 5.74) is 3.97. The van der Waals surface area contributed by atoms with Crippen molar-refractivity contribution >= 4 is 23.3 Å². The maximum Gasteiger partial charge on any atom is 0.321 e. The summed E-state index contributed by atoms with van der Waals surface area (Å²) < 4.78 is 0. The lowest BCUT2D eigenvalue weighted by Gasteiger charge is -2.26. The summed E-state index contributed by atoms with van der Waals surface area (Å²) in [6, 6.07) is 15.8. The van der Waals surface area contributed by atoms with Crippen molar-refractivity contribution in [1.82, 2.24) is 4.90 Å². The molecule has 0 bridgehead atoms. The molecule has 26 heavy (non-hydrogen) atoms. The van der Waals surface area contributed by atoms with Crippen LogP contribution in [0.5, 0.6) is 0 Å². The van der Waals surface area contributed by atoms with Crippen LogP contribution >= 0.6 is 0 Å². The Morgan fingerprint density at radius 3 is 1.81 bits per heavy atom. The molecular formula is C21H25N3O2. The number of carbonyl (C=O) groups excluding carboxylic acids is 2. The van der Waals surface area contributed by atoms with Gasteiger partial charge in [-0.1, -0.05) is 24.3 Å². The molecule has 0 atom stereocenters. The first-order chi connectivity index (χ1) is 12.6. The van der Waals surface area contributed by atoms with Gasteiger partial charge in [0, 0.05) is 31.4 Å². The minimum atomic E-state index is -0.0695. The molecule has 2 aromatic rings. The first kappa shape index (κ1) is 18.0. The van der Waals surface area contributed by atoms with Crippen molar-refractivity contribution in [3.05, 3.63) is 59.7 Å². The lowest BCUT2D eigenvalue weighted by atomic mass is 10.0. The van der Waals surface area contributed by atoms with E-state index >= 15 is 0 Å². The smallest absolute Gasteiger partial charge is 0.321 e. The lowest BCUT2D eigenvalue weighted by Crippen LogP contribution is -2.38. The van der Waals surface area contributed by atoms with E-state index in [0.717, 1.165) is 43.7 Å². The van der Waals surface area contributed by atoms with Gasteiger partial charge in [-0.25, -0.2) is 4.79 Å². The van der Waals surface area contributed by atoms with E-state index in [9.17, 15) is 9.59 Å². The zero-order valence-electron chi connectivity index (χ0n) is 15.1. The van der Waals surface area contributed by atoms with Crippen LogP contribution in [0.1, 0.15) is 37.3 Å². The monoisotopic (exact) mass is 351 g/mol. The Hall–Kier alpha value is -2.82. The van der Waals surface area contributed by atoms with Crippen LogP contribution in [0.15, 0.2) is 48.5 Å². The van der Waals surface area contributed by atoms with Gasteiger partial charge in [-0.2, -0.15) is 0 Å². The molecule has 0 spiro atoms. The van der Waals surface area contributed by atoms with Crippen molar-refractivity contribution in [2.45, 2.75) is 32.6 Å². The van der Waals surface area contributed by atoms with Gasteiger partial charge >= 0.3 is 6.03 Å². The maximum absolute atomic E-state index is 12.2. The van der Waals surface area contributed by atoms with Crippen LogP contribution in [-0.2, 0) is 11.2 Å². The summed E-state index contributed by atoms with van der Waals surface area (Å²) in [6.07, 6.45) is 4.20. The number of rotatable bonds is 4. The Balaban J connectivity index is 1.55. The van der Waals surface area contributed by atoms with Gasteiger partial charge in [0.05, 0.1) is 0 Å². The minimum Gasteiger partial charge on any atom is -0.326 e. The molecule has 0 aliphatic carbocycles. The third kappa shape index (κ3) is 5.09. The molecular weight excluding hydrogens is 326 g/mol. The second-order valence-corrected chi connectivity index (χ2v) is 6.73. The van der Waals surface area contributed by atoms with E-state index < -0.39 is 0 Å². The highest BCUT2D eigenvalue weighted by Crippen LogP contribution is 2.17. The Labute approximate surface area is 154 Å². The van der Waals surface area contributed by atoms with Crippen molar-refractivity contribution in [2.75, 3.05) is 23.7 Å². The second-order valence-electron chi connectivity index (χ2n) is 6.73. The zero-order valence-corrected chi connectivity index (χ0v) is 15.1. The minimum absolute atomic E-state index is 0.00832. The van der Waals surface area contributed by atoms with Crippen molar-refractivity contribution < 1.29 is 9.59 Å². The second kappa shape index (κ2) is 8.52. The van der Waals surface area contributed by atoms with E-state index in [4.69, 9.17) is 0 Å². The molecule has 3 rings (SSSR count). The number of benzene rings is 2. The first-order valence-corrected chi connectivity index (χ1v) is 9.11. The predicted octanol–water partition coefficient (Wildman–Crippen LogP) is 4.25. The highest BCUT2D eigenvalue weighted by atomic mass is 16.2. The summed E-state index contributed by atoms with van der Waals surface area (Å²) in [5, 5.41) is 5.74. The number of nitrogens with one attached hydrogen (secondary N) is 2. The number of anilines is 2. The summed E-state index contributed by atoms with van der Waals surface area (Å²) in [4.78, 5) is 25.2. The van der Waals surface area contributed by atoms with Gasteiger partial charge in [0.25, 0.3) is 0 Å². The van der Waals surface area contributed by atoms with Gasteiger partial charge in [0.15, 0.2) is 0 Å². The van der Waals surface area contributed by atoms with Crippen molar-refractivity contribution in [1.29, 1.82) is 0 Å². The van der Waals surface area contributed by atoms with E-state index in [1.54, 1.807) is 0 Å². The number of piperidine rings is 1. The van der Waals surface area contributed by atoms with Crippen molar-refractivity contribution in [3.63, 3.8) is 0 Å². The van der Waals surface area contributed by atoms with E-state index in [1.807, 2.05) is 53.4 Å². The summed E-state index contributed by atoms with van der Waals surface area (Å²) in [6.45, 7) is 3.19. The predicted molar refractivity (Wildman–Crippen MR) is 104 cm³/mol. The number of urea groups is 1. The highest BCUT2D eigenvalue weighted by molar-refractivity contribution is 5.89. The van der Waals surface area contributed by atoms with E-state index in [1.165, 1.54) is 24.5 Å². The molecule has 0 saturated carbocycles. The molecule has 1 fully saturated rings. The quantitative estimate of drug-likeness (QED) is 0.865. The fourth-order valence-corrected chi connectivity index (χ4v) is 3.15. The molecule has 2 aromatic carbocycles. The van der Waals surface area contributed by atoms with E-state index in [0.29, 0.717) is 0 Å². The molecule has 5 nitrogen and oxygen atoms in total. The fraction of sp³-hybridized carbons (Fsp3) is 0.333. The van der Waals surface area contributed by atoms with E-state index in [2.05, 4.69) is 10.6 Å². The number of nitrogens with zero attached hydrogens (tertiary/aromatic N) is 1. The van der Waals surface area contributed by atoms with Crippen LogP contribution in [0, 0.1) is 0 Å². The Morgan fingerprint density at radius 2 is 1.31 bits per heavy atom. The molecule has 1 heterocycles. The maximum atomic E-state index is 12.2. The number of carbonyl (C=O) groups is 2. The molecule has 136 valence electrons. The largest absolute Gasteiger partial charge is 0.326 e. The number of likely N-dealkylation sites (tertiary alicyclic amines) is 1. The van der Waals surface area contributed by atoms with Crippen LogP contribution in [-0.4, -0.2) is 29.9 Å². The first-order valence-electron chi connectivity index (χ1n) is 9.11. The molecule has 5 heteroatoms. The van der Waals surface area contributed by atoms with Gasteiger partial charge in [-0.05, 0) is 61.1 Å². The SMILES string of the molecule is CC(=O)Nc1ccc(Cc2ccc(NC(=O)N3CCCCC3)cc2)cc1.